The van der Waals surface area contributed by atoms with Gasteiger partial charge in [-0.2, -0.15) is 5.10 Å². The summed E-state index contributed by atoms with van der Waals surface area (Å²) in [5, 5.41) is 16.3. The van der Waals surface area contributed by atoms with Crippen molar-refractivity contribution in [1.82, 2.24) is 15.1 Å². The fourth-order valence-electron chi connectivity index (χ4n) is 2.82. The van der Waals surface area contributed by atoms with E-state index in [-0.39, 0.29) is 0 Å². The van der Waals surface area contributed by atoms with Crippen LogP contribution < -0.4 is 10.1 Å². The summed E-state index contributed by atoms with van der Waals surface area (Å²) in [6.07, 6.45) is 4.04. The number of nitrogens with one attached hydrogen (secondary N) is 1. The van der Waals surface area contributed by atoms with Crippen molar-refractivity contribution in [3.8, 4) is 11.4 Å². The molecule has 7 nitrogen and oxygen atoms in total. The number of amides is 1. The standard InChI is InChI=1S/C19H25N3O4/c1-4-6-9-14(19(24)25)21-18(23)13-12-20-22(15(13)5-2)16-10-7-8-11-17(16)26-3/h7-8,10-12,14H,4-6,9H2,1-3H3,(H,21,23)(H,24,25)/t14-/m0/s1. The largest absolute Gasteiger partial charge is 0.494 e. The number of methoxy groups -OCH3 is 1. The number of hydrogen-bond acceptors (Lipinski definition) is 4. The van der Waals surface area contributed by atoms with Gasteiger partial charge in [0.25, 0.3) is 5.91 Å². The first-order valence-electron chi connectivity index (χ1n) is 8.77. The van der Waals surface area contributed by atoms with Crippen molar-refractivity contribution < 1.29 is 19.4 Å². The number of hydrogen-bond donors (Lipinski definition) is 2. The quantitative estimate of drug-likeness (QED) is 0.718. The van der Waals surface area contributed by atoms with Crippen molar-refractivity contribution >= 4 is 11.9 Å². The molecule has 0 bridgehead atoms. The second-order valence-electron chi connectivity index (χ2n) is 5.95. The zero-order chi connectivity index (χ0) is 19.1. The van der Waals surface area contributed by atoms with Crippen molar-refractivity contribution in [2.75, 3.05) is 7.11 Å². The van der Waals surface area contributed by atoms with Crippen molar-refractivity contribution in [2.45, 2.75) is 45.6 Å². The zero-order valence-electron chi connectivity index (χ0n) is 15.4. The molecule has 0 aliphatic rings. The molecule has 0 aliphatic heterocycles. The van der Waals surface area contributed by atoms with E-state index in [0.717, 1.165) is 18.5 Å². The first-order chi connectivity index (χ1) is 12.5. The van der Waals surface area contributed by atoms with Gasteiger partial charge in [-0.25, -0.2) is 9.48 Å². The molecule has 1 heterocycles. The number of carboxylic acids is 1. The summed E-state index contributed by atoms with van der Waals surface area (Å²) in [5.41, 5.74) is 1.81. The molecule has 140 valence electrons. The number of carbonyl (C=O) groups is 2. The minimum absolute atomic E-state index is 0.376. The van der Waals surface area contributed by atoms with Crippen LogP contribution >= 0.6 is 0 Å². The Bertz CT molecular complexity index is 770. The number of rotatable bonds is 9. The molecule has 26 heavy (non-hydrogen) atoms. The summed E-state index contributed by atoms with van der Waals surface area (Å²) in [5.74, 6) is -0.808. The lowest BCUT2D eigenvalue weighted by atomic mass is 10.1. The number of aliphatic carboxylic acids is 1. The second-order valence-corrected chi connectivity index (χ2v) is 5.95. The number of aromatic nitrogens is 2. The summed E-state index contributed by atoms with van der Waals surface area (Å²) in [6, 6.07) is 6.50. The average Bonchev–Trinajstić information content (AvgIpc) is 3.08. The van der Waals surface area contributed by atoms with Crippen LogP contribution in [0, 0.1) is 0 Å². The lowest BCUT2D eigenvalue weighted by molar-refractivity contribution is -0.139. The number of carbonyl (C=O) groups excluding carboxylic acids is 1. The molecule has 0 fully saturated rings. The first kappa shape index (κ1) is 19.5. The van der Waals surface area contributed by atoms with Gasteiger partial charge in [-0.15, -0.1) is 0 Å². The molecule has 0 aliphatic carbocycles. The number of unbranched alkanes of at least 4 members (excludes halogenated alkanes) is 1. The minimum Gasteiger partial charge on any atom is -0.494 e. The molecule has 0 saturated carbocycles. The third-order valence-corrected chi connectivity index (χ3v) is 4.21. The monoisotopic (exact) mass is 359 g/mol. The maximum atomic E-state index is 12.6. The van der Waals surface area contributed by atoms with Crippen LogP contribution in [0.1, 0.15) is 49.2 Å². The molecular weight excluding hydrogens is 334 g/mol. The maximum Gasteiger partial charge on any atom is 0.326 e. The molecule has 7 heteroatoms. The van der Waals surface area contributed by atoms with E-state index in [1.807, 2.05) is 38.1 Å². The maximum absolute atomic E-state index is 12.6. The molecule has 1 amide bonds. The van der Waals surface area contributed by atoms with Crippen LogP contribution in [-0.4, -0.2) is 39.9 Å². The van der Waals surface area contributed by atoms with Crippen LogP contribution in [0.5, 0.6) is 5.75 Å². The van der Waals surface area contributed by atoms with Crippen molar-refractivity contribution in [3.05, 3.63) is 41.7 Å². The third-order valence-electron chi connectivity index (χ3n) is 4.21. The van der Waals surface area contributed by atoms with Crippen molar-refractivity contribution in [3.63, 3.8) is 0 Å². The Labute approximate surface area is 153 Å². The molecule has 0 spiro atoms. The van der Waals surface area contributed by atoms with Gasteiger partial charge in [-0.05, 0) is 25.0 Å². The van der Waals surface area contributed by atoms with Crippen LogP contribution in [0.25, 0.3) is 5.69 Å². The van der Waals surface area contributed by atoms with Gasteiger partial charge in [0, 0.05) is 0 Å². The normalized spacial score (nSPS) is 11.8. The topological polar surface area (TPSA) is 93.5 Å². The Hall–Kier alpha value is -2.83. The molecule has 1 aromatic carbocycles. The van der Waals surface area contributed by atoms with Gasteiger partial charge < -0.3 is 15.2 Å². The van der Waals surface area contributed by atoms with E-state index in [4.69, 9.17) is 4.74 Å². The van der Waals surface area contributed by atoms with E-state index in [9.17, 15) is 14.7 Å². The first-order valence-corrected chi connectivity index (χ1v) is 8.77. The molecule has 1 aromatic heterocycles. The highest BCUT2D eigenvalue weighted by molar-refractivity contribution is 5.97. The fraction of sp³-hybridized carbons (Fsp3) is 0.421. The Kier molecular flexibility index (Phi) is 6.77. The van der Waals surface area contributed by atoms with Crippen molar-refractivity contribution in [2.24, 2.45) is 0 Å². The zero-order valence-corrected chi connectivity index (χ0v) is 15.4. The van der Waals surface area contributed by atoms with Crippen LogP contribution in [0.15, 0.2) is 30.5 Å². The van der Waals surface area contributed by atoms with Gasteiger partial charge in [0.15, 0.2) is 0 Å². The predicted molar refractivity (Wildman–Crippen MR) is 97.9 cm³/mol. The summed E-state index contributed by atoms with van der Waals surface area (Å²) < 4.78 is 7.03. The van der Waals surface area contributed by atoms with E-state index in [1.54, 1.807) is 11.8 Å². The number of benzene rings is 1. The van der Waals surface area contributed by atoms with Gasteiger partial charge in [-0.3, -0.25) is 4.79 Å². The highest BCUT2D eigenvalue weighted by Crippen LogP contribution is 2.24. The van der Waals surface area contributed by atoms with Crippen LogP contribution in [0.3, 0.4) is 0 Å². The minimum atomic E-state index is -1.03. The smallest absolute Gasteiger partial charge is 0.326 e. The van der Waals surface area contributed by atoms with Gasteiger partial charge in [0.05, 0.1) is 24.6 Å². The van der Waals surface area contributed by atoms with Crippen LogP contribution in [0.4, 0.5) is 0 Å². The molecule has 0 radical (unpaired) electrons. The number of carboxylic acid groups (broad SMARTS) is 1. The summed E-state index contributed by atoms with van der Waals surface area (Å²) in [6.45, 7) is 3.90. The fourth-order valence-corrected chi connectivity index (χ4v) is 2.82. The molecular formula is C19H25N3O4. The molecule has 1 atom stereocenters. The highest BCUT2D eigenvalue weighted by atomic mass is 16.5. The van der Waals surface area contributed by atoms with Gasteiger partial charge in [0.2, 0.25) is 0 Å². The third kappa shape index (κ3) is 4.22. The Morgan fingerprint density at radius 3 is 2.65 bits per heavy atom. The van der Waals surface area contributed by atoms with E-state index in [1.165, 1.54) is 6.20 Å². The summed E-state index contributed by atoms with van der Waals surface area (Å²) in [4.78, 5) is 24.0. The average molecular weight is 359 g/mol. The molecule has 0 saturated heterocycles. The summed E-state index contributed by atoms with van der Waals surface area (Å²) in [7, 11) is 1.58. The van der Waals surface area contributed by atoms with Crippen molar-refractivity contribution in [1.29, 1.82) is 0 Å². The van der Waals surface area contributed by atoms with E-state index in [2.05, 4.69) is 10.4 Å². The van der Waals surface area contributed by atoms with Gasteiger partial charge >= 0.3 is 5.97 Å². The highest BCUT2D eigenvalue weighted by Gasteiger charge is 2.24. The Morgan fingerprint density at radius 2 is 2.04 bits per heavy atom. The molecule has 2 aromatic rings. The van der Waals surface area contributed by atoms with E-state index >= 15 is 0 Å². The lowest BCUT2D eigenvalue weighted by Gasteiger charge is -2.15. The Morgan fingerprint density at radius 1 is 1.31 bits per heavy atom. The summed E-state index contributed by atoms with van der Waals surface area (Å²) >= 11 is 0. The van der Waals surface area contributed by atoms with Gasteiger partial charge in [0.1, 0.15) is 17.5 Å². The number of nitrogens with zero attached hydrogens (tertiary/aromatic N) is 2. The lowest BCUT2D eigenvalue weighted by Crippen LogP contribution is -2.41. The molecule has 0 unspecified atom stereocenters. The predicted octanol–water partition coefficient (Wildman–Crippen LogP) is 2.82. The second kappa shape index (κ2) is 9.03. The van der Waals surface area contributed by atoms with Gasteiger partial charge in [-0.1, -0.05) is 38.8 Å². The molecule has 2 N–H and O–H groups in total. The van der Waals surface area contributed by atoms with Crippen LogP contribution in [-0.2, 0) is 11.2 Å². The SMILES string of the molecule is CCCC[C@H](NC(=O)c1cnn(-c2ccccc2OC)c1CC)C(=O)O. The molecule has 2 rings (SSSR count). The van der Waals surface area contributed by atoms with E-state index in [0.29, 0.717) is 29.8 Å². The number of para-hydroxylation sites is 2. The number of ether oxygens (including phenoxy) is 1. The van der Waals surface area contributed by atoms with Crippen LogP contribution in [0.2, 0.25) is 0 Å². The van der Waals surface area contributed by atoms with E-state index < -0.39 is 17.9 Å². The Balaban J connectivity index is 2.32.